The minimum atomic E-state index is -0.625. The van der Waals surface area contributed by atoms with E-state index in [1.54, 1.807) is 25.1 Å². The molecule has 2 aromatic rings. The molecule has 0 saturated heterocycles. The van der Waals surface area contributed by atoms with Crippen molar-refractivity contribution in [2.24, 2.45) is 0 Å². The summed E-state index contributed by atoms with van der Waals surface area (Å²) in [5, 5.41) is 3.69. The first kappa shape index (κ1) is 15.6. The van der Waals surface area contributed by atoms with Crippen LogP contribution in [0.1, 0.15) is 28.9 Å². The van der Waals surface area contributed by atoms with Gasteiger partial charge in [-0.15, -0.1) is 0 Å². The van der Waals surface area contributed by atoms with Gasteiger partial charge in [-0.3, -0.25) is 4.79 Å². The summed E-state index contributed by atoms with van der Waals surface area (Å²) in [4.78, 5) is 12.2. The molecule has 0 saturated carbocycles. The molecule has 1 amide bonds. The summed E-state index contributed by atoms with van der Waals surface area (Å²) in [6.45, 7) is 1.77. The third-order valence-electron chi connectivity index (χ3n) is 3.07. The van der Waals surface area contributed by atoms with Crippen molar-refractivity contribution in [1.82, 2.24) is 5.32 Å². The second kappa shape index (κ2) is 6.33. The van der Waals surface area contributed by atoms with Gasteiger partial charge in [0.1, 0.15) is 5.82 Å². The van der Waals surface area contributed by atoms with E-state index in [0.717, 1.165) is 0 Å². The molecule has 0 bridgehead atoms. The molecule has 0 aliphatic carbocycles. The van der Waals surface area contributed by atoms with Crippen LogP contribution in [0.2, 0.25) is 10.0 Å². The van der Waals surface area contributed by atoms with E-state index in [9.17, 15) is 9.18 Å². The fourth-order valence-corrected chi connectivity index (χ4v) is 2.51. The van der Waals surface area contributed by atoms with Gasteiger partial charge in [0, 0.05) is 10.0 Å². The van der Waals surface area contributed by atoms with Gasteiger partial charge >= 0.3 is 0 Å². The van der Waals surface area contributed by atoms with Gasteiger partial charge in [-0.25, -0.2) is 4.39 Å². The maximum Gasteiger partial charge on any atom is 0.253 e. The Morgan fingerprint density at radius 1 is 1.29 bits per heavy atom. The molecular weight excluding hydrogens is 314 g/mol. The van der Waals surface area contributed by atoms with Crippen LogP contribution in [0, 0.1) is 5.82 Å². The molecule has 0 fully saturated rings. The van der Waals surface area contributed by atoms with Crippen LogP contribution in [0.5, 0.6) is 0 Å². The van der Waals surface area contributed by atoms with Gasteiger partial charge in [0.15, 0.2) is 0 Å². The van der Waals surface area contributed by atoms with Crippen molar-refractivity contribution in [3.8, 4) is 0 Å². The number of amides is 1. The van der Waals surface area contributed by atoms with Crippen LogP contribution in [-0.4, -0.2) is 5.91 Å². The van der Waals surface area contributed by atoms with Crippen molar-refractivity contribution < 1.29 is 9.18 Å². The largest absolute Gasteiger partial charge is 0.396 e. The Morgan fingerprint density at radius 2 is 2.00 bits per heavy atom. The second-order valence-electron chi connectivity index (χ2n) is 4.56. The zero-order valence-electron chi connectivity index (χ0n) is 11.2. The lowest BCUT2D eigenvalue weighted by Gasteiger charge is -2.16. The number of carbonyl (C=O) groups excluding carboxylic acids is 1. The number of rotatable bonds is 3. The number of halogens is 3. The Kier molecular flexibility index (Phi) is 4.70. The SMILES string of the molecule is CC(NC(=O)c1cccc(F)c1N)c1ccc(Cl)cc1Cl. The van der Waals surface area contributed by atoms with Crippen LogP contribution in [0.25, 0.3) is 0 Å². The molecule has 110 valence electrons. The molecule has 21 heavy (non-hydrogen) atoms. The van der Waals surface area contributed by atoms with E-state index in [4.69, 9.17) is 28.9 Å². The Balaban J connectivity index is 2.21. The molecule has 3 N–H and O–H groups in total. The maximum atomic E-state index is 13.4. The van der Waals surface area contributed by atoms with E-state index in [-0.39, 0.29) is 17.3 Å². The fraction of sp³-hybridized carbons (Fsp3) is 0.133. The molecule has 3 nitrogen and oxygen atoms in total. The number of benzene rings is 2. The van der Waals surface area contributed by atoms with Gasteiger partial charge in [-0.05, 0) is 36.8 Å². The van der Waals surface area contributed by atoms with Gasteiger partial charge in [0.2, 0.25) is 0 Å². The summed E-state index contributed by atoms with van der Waals surface area (Å²) >= 11 is 11.9. The predicted octanol–water partition coefficient (Wildman–Crippen LogP) is 4.21. The zero-order chi connectivity index (χ0) is 15.6. The standard InChI is InChI=1S/C15H13Cl2FN2O/c1-8(10-6-5-9(16)7-12(10)17)20-15(21)11-3-2-4-13(18)14(11)19/h2-8H,19H2,1H3,(H,20,21). The average Bonchev–Trinajstić information content (AvgIpc) is 2.41. The minimum Gasteiger partial charge on any atom is -0.396 e. The van der Waals surface area contributed by atoms with Crippen molar-refractivity contribution in [2.75, 3.05) is 5.73 Å². The summed E-state index contributed by atoms with van der Waals surface area (Å²) in [5.74, 6) is -1.09. The number of para-hydroxylation sites is 1. The minimum absolute atomic E-state index is 0.0898. The third-order valence-corrected chi connectivity index (χ3v) is 3.64. The number of anilines is 1. The first-order chi connectivity index (χ1) is 9.90. The summed E-state index contributed by atoms with van der Waals surface area (Å²) < 4.78 is 13.4. The number of carbonyl (C=O) groups is 1. The normalized spacial score (nSPS) is 12.0. The van der Waals surface area contributed by atoms with Crippen LogP contribution in [0.4, 0.5) is 10.1 Å². The summed E-state index contributed by atoms with van der Waals surface area (Å²) in [6.07, 6.45) is 0. The van der Waals surface area contributed by atoms with Crippen LogP contribution in [0.3, 0.4) is 0 Å². The van der Waals surface area contributed by atoms with Gasteiger partial charge in [0.25, 0.3) is 5.91 Å². The van der Waals surface area contributed by atoms with Gasteiger partial charge in [-0.2, -0.15) is 0 Å². The molecule has 0 aromatic heterocycles. The van der Waals surface area contributed by atoms with E-state index < -0.39 is 11.7 Å². The zero-order valence-corrected chi connectivity index (χ0v) is 12.7. The highest BCUT2D eigenvalue weighted by molar-refractivity contribution is 6.35. The lowest BCUT2D eigenvalue weighted by atomic mass is 10.1. The molecule has 0 heterocycles. The monoisotopic (exact) mass is 326 g/mol. The molecule has 0 radical (unpaired) electrons. The molecule has 2 rings (SSSR count). The van der Waals surface area contributed by atoms with Crippen LogP contribution in [0.15, 0.2) is 36.4 Å². The average molecular weight is 327 g/mol. The first-order valence-electron chi connectivity index (χ1n) is 6.20. The lowest BCUT2D eigenvalue weighted by Crippen LogP contribution is -2.27. The quantitative estimate of drug-likeness (QED) is 0.830. The van der Waals surface area contributed by atoms with E-state index >= 15 is 0 Å². The summed E-state index contributed by atoms with van der Waals surface area (Å²) in [7, 11) is 0. The van der Waals surface area contributed by atoms with Crippen molar-refractivity contribution in [3.05, 3.63) is 63.4 Å². The number of hydrogen-bond acceptors (Lipinski definition) is 2. The number of nitrogen functional groups attached to an aromatic ring is 1. The summed E-state index contributed by atoms with van der Waals surface area (Å²) in [5.41, 5.74) is 6.19. The lowest BCUT2D eigenvalue weighted by molar-refractivity contribution is 0.0940. The fourth-order valence-electron chi connectivity index (χ4n) is 1.94. The van der Waals surface area contributed by atoms with Gasteiger partial charge < -0.3 is 11.1 Å². The Morgan fingerprint density at radius 3 is 2.67 bits per heavy atom. The smallest absolute Gasteiger partial charge is 0.253 e. The van der Waals surface area contributed by atoms with Crippen molar-refractivity contribution in [2.45, 2.75) is 13.0 Å². The topological polar surface area (TPSA) is 55.1 Å². The van der Waals surface area contributed by atoms with Crippen molar-refractivity contribution >= 4 is 34.8 Å². The molecule has 1 atom stereocenters. The highest BCUT2D eigenvalue weighted by atomic mass is 35.5. The Bertz CT molecular complexity index is 691. The van der Waals surface area contributed by atoms with Crippen LogP contribution >= 0.6 is 23.2 Å². The van der Waals surface area contributed by atoms with E-state index in [2.05, 4.69) is 5.32 Å². The highest BCUT2D eigenvalue weighted by Gasteiger charge is 2.17. The number of nitrogens with two attached hydrogens (primary N) is 1. The van der Waals surface area contributed by atoms with E-state index in [1.807, 2.05) is 0 Å². The molecule has 0 aliphatic heterocycles. The van der Waals surface area contributed by atoms with E-state index in [1.165, 1.54) is 18.2 Å². The number of hydrogen-bond donors (Lipinski definition) is 2. The van der Waals surface area contributed by atoms with Gasteiger partial charge in [-0.1, -0.05) is 35.3 Å². The second-order valence-corrected chi connectivity index (χ2v) is 5.41. The molecule has 0 spiro atoms. The molecule has 0 aliphatic rings. The predicted molar refractivity (Wildman–Crippen MR) is 83.2 cm³/mol. The highest BCUT2D eigenvalue weighted by Crippen LogP contribution is 2.26. The molecule has 6 heteroatoms. The van der Waals surface area contributed by atoms with Gasteiger partial charge in [0.05, 0.1) is 17.3 Å². The molecule has 1 unspecified atom stereocenters. The Hall–Kier alpha value is -1.78. The van der Waals surface area contributed by atoms with E-state index in [0.29, 0.717) is 15.6 Å². The molecule has 2 aromatic carbocycles. The van der Waals surface area contributed by atoms with Crippen LogP contribution < -0.4 is 11.1 Å². The van der Waals surface area contributed by atoms with Crippen molar-refractivity contribution in [1.29, 1.82) is 0 Å². The third kappa shape index (κ3) is 3.46. The first-order valence-corrected chi connectivity index (χ1v) is 6.95. The molecular formula is C15H13Cl2FN2O. The van der Waals surface area contributed by atoms with Crippen LogP contribution in [-0.2, 0) is 0 Å². The van der Waals surface area contributed by atoms with Crippen molar-refractivity contribution in [3.63, 3.8) is 0 Å². The maximum absolute atomic E-state index is 13.4. The summed E-state index contributed by atoms with van der Waals surface area (Å²) in [6, 6.07) is 8.73. The Labute approximate surface area is 131 Å². The number of nitrogens with one attached hydrogen (secondary N) is 1.